The van der Waals surface area contributed by atoms with Crippen LogP contribution in [0.15, 0.2) is 24.3 Å². The van der Waals surface area contributed by atoms with Crippen LogP contribution in [0.3, 0.4) is 0 Å². The second-order valence-corrected chi connectivity index (χ2v) is 3.03. The number of hydrogen-bond acceptors (Lipinski definition) is 1. The van der Waals surface area contributed by atoms with Crippen molar-refractivity contribution in [3.8, 4) is 0 Å². The highest BCUT2D eigenvalue weighted by Gasteiger charge is 1.94. The summed E-state index contributed by atoms with van der Waals surface area (Å²) in [5, 5.41) is 7.01. The minimum atomic E-state index is 0.811. The highest BCUT2D eigenvalue weighted by Crippen LogP contribution is 2.05. The van der Waals surface area contributed by atoms with Crippen molar-refractivity contribution in [3.05, 3.63) is 35.4 Å². The molecule has 1 rings (SSSR count). The lowest BCUT2D eigenvalue weighted by Crippen LogP contribution is -2.14. The molecule has 2 heteroatoms. The molecule has 1 aromatic rings. The Morgan fingerprint density at radius 2 is 2.25 bits per heavy atom. The van der Waals surface area contributed by atoms with Crippen LogP contribution in [0, 0.1) is 12.3 Å². The highest BCUT2D eigenvalue weighted by atomic mass is 15.1. The molecule has 0 aliphatic heterocycles. The van der Waals surface area contributed by atoms with Crippen LogP contribution in [0.4, 0.5) is 0 Å². The molecule has 2 nitrogen and oxygen atoms in total. The third-order valence-corrected chi connectivity index (χ3v) is 1.73. The molecule has 0 saturated carbocycles. The van der Waals surface area contributed by atoms with Gasteiger partial charge in [0.1, 0.15) is 0 Å². The van der Waals surface area contributed by atoms with Crippen LogP contribution in [-0.4, -0.2) is 18.3 Å². The first-order valence-electron chi connectivity index (χ1n) is 3.99. The van der Waals surface area contributed by atoms with Gasteiger partial charge in [-0.2, -0.15) is 0 Å². The number of rotatable bonds is 3. The Morgan fingerprint density at radius 1 is 1.50 bits per heavy atom. The molecule has 0 aromatic heterocycles. The zero-order valence-corrected chi connectivity index (χ0v) is 7.54. The highest BCUT2D eigenvalue weighted by molar-refractivity contribution is 5.50. The Hall–Kier alpha value is -1.31. The van der Waals surface area contributed by atoms with E-state index in [1.165, 1.54) is 17.5 Å². The van der Waals surface area contributed by atoms with Crippen LogP contribution >= 0.6 is 0 Å². The van der Waals surface area contributed by atoms with Gasteiger partial charge in [-0.1, -0.05) is 29.8 Å². The second-order valence-electron chi connectivity index (χ2n) is 3.03. The van der Waals surface area contributed by atoms with Crippen LogP contribution in [0.1, 0.15) is 11.1 Å². The zero-order valence-electron chi connectivity index (χ0n) is 7.54. The maximum absolute atomic E-state index is 7.01. The predicted octanol–water partition coefficient (Wildman–Crippen LogP) is 2.03. The summed E-state index contributed by atoms with van der Waals surface area (Å²) < 4.78 is 0. The molecule has 12 heavy (non-hydrogen) atoms. The maximum atomic E-state index is 7.01. The summed E-state index contributed by atoms with van der Waals surface area (Å²) in [5.41, 5.74) is 2.52. The summed E-state index contributed by atoms with van der Waals surface area (Å²) in [5.74, 6) is 0. The number of aryl methyl sites for hydroxylation is 1. The monoisotopic (exact) mass is 162 g/mol. The largest absolute Gasteiger partial charge is 0.362 e. The zero-order chi connectivity index (χ0) is 8.97. The van der Waals surface area contributed by atoms with E-state index in [1.807, 2.05) is 18.0 Å². The van der Waals surface area contributed by atoms with E-state index < -0.39 is 0 Å². The first kappa shape index (κ1) is 8.78. The van der Waals surface area contributed by atoms with E-state index in [2.05, 4.69) is 25.1 Å². The van der Waals surface area contributed by atoms with Crippen LogP contribution < -0.4 is 0 Å². The summed E-state index contributed by atoms with van der Waals surface area (Å²) in [6.45, 7) is 2.89. The average molecular weight is 162 g/mol. The van der Waals surface area contributed by atoms with Crippen LogP contribution in [0.2, 0.25) is 0 Å². The molecule has 64 valence electrons. The summed E-state index contributed by atoms with van der Waals surface area (Å²) in [6, 6.07) is 8.34. The smallest absolute Gasteiger partial charge is 0.0817 e. The molecule has 0 aliphatic rings. The van der Waals surface area contributed by atoms with Crippen molar-refractivity contribution in [1.82, 2.24) is 4.90 Å². The average Bonchev–Trinajstić information content (AvgIpc) is 2.04. The molecule has 1 aromatic carbocycles. The van der Waals surface area contributed by atoms with Crippen molar-refractivity contribution in [2.75, 3.05) is 7.05 Å². The van der Waals surface area contributed by atoms with E-state index in [1.54, 1.807) is 0 Å². The van der Waals surface area contributed by atoms with Crippen LogP contribution in [-0.2, 0) is 6.54 Å². The minimum absolute atomic E-state index is 0.811. The third-order valence-electron chi connectivity index (χ3n) is 1.73. The van der Waals surface area contributed by atoms with Gasteiger partial charge < -0.3 is 4.90 Å². The van der Waals surface area contributed by atoms with Crippen molar-refractivity contribution in [1.29, 1.82) is 5.41 Å². The van der Waals surface area contributed by atoms with Gasteiger partial charge in [0.2, 0.25) is 0 Å². The van der Waals surface area contributed by atoms with Crippen LogP contribution in [0.25, 0.3) is 0 Å². The quantitative estimate of drug-likeness (QED) is 0.534. The third kappa shape index (κ3) is 2.38. The molecule has 0 amide bonds. The Kier molecular flexibility index (Phi) is 2.86. The predicted molar refractivity (Wildman–Crippen MR) is 51.4 cm³/mol. The Balaban J connectivity index is 2.69. The Morgan fingerprint density at radius 3 is 2.83 bits per heavy atom. The van der Waals surface area contributed by atoms with E-state index >= 15 is 0 Å². The molecule has 0 fully saturated rings. The maximum Gasteiger partial charge on any atom is 0.0817 e. The van der Waals surface area contributed by atoms with Gasteiger partial charge >= 0.3 is 0 Å². The topological polar surface area (TPSA) is 27.1 Å². The molecular weight excluding hydrogens is 148 g/mol. The standard InChI is InChI=1S/C10H14N2/c1-9-4-3-5-10(6-9)7-12(2)8-11/h3-6,8,11H,7H2,1-2H3. The van der Waals surface area contributed by atoms with Gasteiger partial charge in [0.15, 0.2) is 0 Å². The summed E-state index contributed by atoms with van der Waals surface area (Å²) in [4.78, 5) is 1.84. The van der Waals surface area contributed by atoms with Gasteiger partial charge in [0.05, 0.1) is 6.34 Å². The first-order chi connectivity index (χ1) is 5.72. The molecular formula is C10H14N2. The number of benzene rings is 1. The fourth-order valence-corrected chi connectivity index (χ4v) is 1.14. The molecule has 0 radical (unpaired) electrons. The summed E-state index contributed by atoms with van der Waals surface area (Å²) >= 11 is 0. The fraction of sp³-hybridized carbons (Fsp3) is 0.300. The molecule has 0 unspecified atom stereocenters. The van der Waals surface area contributed by atoms with Crippen LogP contribution in [0.5, 0.6) is 0 Å². The van der Waals surface area contributed by atoms with Gasteiger partial charge in [-0.3, -0.25) is 5.41 Å². The molecule has 0 bridgehead atoms. The summed E-state index contributed by atoms with van der Waals surface area (Å²) in [6.07, 6.45) is 1.34. The minimum Gasteiger partial charge on any atom is -0.362 e. The molecule has 0 spiro atoms. The van der Waals surface area contributed by atoms with Gasteiger partial charge in [-0.05, 0) is 12.5 Å². The SMILES string of the molecule is Cc1cccc(CN(C)C=N)c1. The van der Waals surface area contributed by atoms with E-state index in [0.717, 1.165) is 6.54 Å². The van der Waals surface area contributed by atoms with E-state index in [9.17, 15) is 0 Å². The molecule has 0 saturated heterocycles. The first-order valence-corrected chi connectivity index (χ1v) is 3.99. The Labute approximate surface area is 73.3 Å². The van der Waals surface area contributed by atoms with Gasteiger partial charge in [-0.25, -0.2) is 0 Å². The van der Waals surface area contributed by atoms with Crippen molar-refractivity contribution in [2.45, 2.75) is 13.5 Å². The lowest BCUT2D eigenvalue weighted by molar-refractivity contribution is 0.513. The van der Waals surface area contributed by atoms with E-state index in [0.29, 0.717) is 0 Å². The van der Waals surface area contributed by atoms with E-state index in [-0.39, 0.29) is 0 Å². The van der Waals surface area contributed by atoms with Gasteiger partial charge in [0, 0.05) is 13.6 Å². The molecule has 0 heterocycles. The summed E-state index contributed by atoms with van der Waals surface area (Å²) in [7, 11) is 1.90. The van der Waals surface area contributed by atoms with Crippen molar-refractivity contribution >= 4 is 6.34 Å². The number of hydrogen-bond donors (Lipinski definition) is 1. The molecule has 0 aliphatic carbocycles. The number of nitrogens with one attached hydrogen (secondary N) is 1. The lowest BCUT2D eigenvalue weighted by Gasteiger charge is -2.11. The normalized spacial score (nSPS) is 9.50. The van der Waals surface area contributed by atoms with Crippen molar-refractivity contribution < 1.29 is 0 Å². The van der Waals surface area contributed by atoms with Gasteiger partial charge in [-0.15, -0.1) is 0 Å². The lowest BCUT2D eigenvalue weighted by atomic mass is 10.1. The van der Waals surface area contributed by atoms with Crippen molar-refractivity contribution in [3.63, 3.8) is 0 Å². The fourth-order valence-electron chi connectivity index (χ4n) is 1.14. The number of nitrogens with zero attached hydrogens (tertiary/aromatic N) is 1. The van der Waals surface area contributed by atoms with Crippen molar-refractivity contribution in [2.24, 2.45) is 0 Å². The molecule has 0 atom stereocenters. The molecule has 1 N–H and O–H groups in total. The Bertz CT molecular complexity index is 268. The second kappa shape index (κ2) is 3.90. The van der Waals surface area contributed by atoms with Gasteiger partial charge in [0.25, 0.3) is 0 Å². The van der Waals surface area contributed by atoms with E-state index in [4.69, 9.17) is 5.41 Å².